The van der Waals surface area contributed by atoms with E-state index in [1.54, 1.807) is 60.7 Å². The predicted octanol–water partition coefficient (Wildman–Crippen LogP) is 0.690. The van der Waals surface area contributed by atoms with Gasteiger partial charge in [0.25, 0.3) is 11.8 Å². The Morgan fingerprint density at radius 1 is 0.636 bits per heavy atom. The average molecular weight is 304 g/mol. The molecule has 0 bridgehead atoms. The quantitative estimate of drug-likeness (QED) is 0.633. The van der Waals surface area contributed by atoms with Crippen LogP contribution in [0.15, 0.2) is 60.7 Å². The number of imide groups is 2. The molecule has 22 heavy (non-hydrogen) atoms. The van der Waals surface area contributed by atoms with Gasteiger partial charge in [-0.15, -0.1) is 0 Å². The van der Waals surface area contributed by atoms with Gasteiger partial charge in [0.1, 0.15) is 0 Å². The molecule has 1 heterocycles. The van der Waals surface area contributed by atoms with Gasteiger partial charge >= 0.3 is 35.6 Å². The second-order valence-corrected chi connectivity index (χ2v) is 4.72. The van der Waals surface area contributed by atoms with Gasteiger partial charge in [0.15, 0.2) is 5.41 Å². The number of barbiturate groups is 1. The van der Waals surface area contributed by atoms with E-state index in [1.165, 1.54) is 0 Å². The minimum absolute atomic E-state index is 0. The molecule has 0 atom stereocenters. The van der Waals surface area contributed by atoms with Crippen LogP contribution >= 0.6 is 0 Å². The van der Waals surface area contributed by atoms with Crippen LogP contribution in [-0.2, 0) is 15.0 Å². The van der Waals surface area contributed by atoms with Crippen LogP contribution in [-0.4, -0.2) is 47.4 Å². The third-order valence-electron chi connectivity index (χ3n) is 3.55. The van der Waals surface area contributed by atoms with E-state index in [0.717, 1.165) is 0 Å². The summed E-state index contributed by atoms with van der Waals surface area (Å²) in [4.78, 5) is 36.5. The van der Waals surface area contributed by atoms with Crippen molar-refractivity contribution in [3.05, 3.63) is 71.8 Å². The summed E-state index contributed by atoms with van der Waals surface area (Å²) >= 11 is 0. The molecule has 2 N–H and O–H groups in total. The molecule has 1 aliphatic heterocycles. The number of urea groups is 1. The van der Waals surface area contributed by atoms with Crippen LogP contribution in [0.4, 0.5) is 4.79 Å². The Bertz CT molecular complexity index is 655. The summed E-state index contributed by atoms with van der Waals surface area (Å²) in [5, 5.41) is 4.38. The maximum atomic E-state index is 12.5. The molecular formula is C16H13N2NaO3. The van der Waals surface area contributed by atoms with E-state index in [9.17, 15) is 14.4 Å². The summed E-state index contributed by atoms with van der Waals surface area (Å²) < 4.78 is 0. The van der Waals surface area contributed by atoms with Crippen molar-refractivity contribution in [1.82, 2.24) is 10.6 Å². The van der Waals surface area contributed by atoms with E-state index >= 15 is 0 Å². The van der Waals surface area contributed by atoms with E-state index in [2.05, 4.69) is 10.6 Å². The fourth-order valence-electron chi connectivity index (χ4n) is 2.60. The zero-order chi connectivity index (χ0) is 14.9. The van der Waals surface area contributed by atoms with Crippen LogP contribution in [0.3, 0.4) is 0 Å². The Hall–Kier alpha value is -1.95. The van der Waals surface area contributed by atoms with Crippen LogP contribution in [0.5, 0.6) is 0 Å². The molecule has 0 spiro atoms. The van der Waals surface area contributed by atoms with Crippen molar-refractivity contribution in [3.8, 4) is 0 Å². The molecule has 5 nitrogen and oxygen atoms in total. The van der Waals surface area contributed by atoms with Gasteiger partial charge < -0.3 is 0 Å². The maximum absolute atomic E-state index is 12.5. The molecule has 1 saturated heterocycles. The molecule has 0 aliphatic carbocycles. The van der Waals surface area contributed by atoms with Gasteiger partial charge in [-0.05, 0) is 11.1 Å². The Morgan fingerprint density at radius 3 is 1.36 bits per heavy atom. The molecule has 3 rings (SSSR count). The third-order valence-corrected chi connectivity index (χ3v) is 3.55. The van der Waals surface area contributed by atoms with Gasteiger partial charge in [0, 0.05) is 0 Å². The summed E-state index contributed by atoms with van der Waals surface area (Å²) in [6, 6.07) is 16.6. The Labute approximate surface area is 149 Å². The Morgan fingerprint density at radius 2 is 1.00 bits per heavy atom. The van der Waals surface area contributed by atoms with Crippen molar-refractivity contribution < 1.29 is 14.4 Å². The standard InChI is InChI=1S/C16H12N2O3.Na.H/c19-13-16(11-7-3-1-4-8-11,12-9-5-2-6-10-12)14(20)18-15(21)17-13;;/h1-10H,(H2,17,18,19,20,21);;. The number of carbonyl (C=O) groups excluding carboxylic acids is 3. The number of rotatable bonds is 2. The molecule has 1 aliphatic rings. The molecule has 4 amide bonds. The van der Waals surface area contributed by atoms with Crippen molar-refractivity contribution in [2.75, 3.05) is 0 Å². The van der Waals surface area contributed by atoms with Gasteiger partial charge in [-0.1, -0.05) is 60.7 Å². The van der Waals surface area contributed by atoms with Gasteiger partial charge in [-0.2, -0.15) is 0 Å². The zero-order valence-electron chi connectivity index (χ0n) is 11.0. The van der Waals surface area contributed by atoms with Gasteiger partial charge in [0.2, 0.25) is 0 Å². The Balaban J connectivity index is 0.00000176. The molecule has 2 aromatic rings. The second kappa shape index (κ2) is 6.44. The zero-order valence-corrected chi connectivity index (χ0v) is 11.0. The van der Waals surface area contributed by atoms with Gasteiger partial charge in [0.05, 0.1) is 0 Å². The van der Waals surface area contributed by atoms with Crippen LogP contribution < -0.4 is 10.6 Å². The summed E-state index contributed by atoms with van der Waals surface area (Å²) in [6.07, 6.45) is 0. The van der Waals surface area contributed by atoms with Gasteiger partial charge in [-0.25, -0.2) is 4.79 Å². The van der Waals surface area contributed by atoms with E-state index in [1.807, 2.05) is 0 Å². The number of hydrogen-bond acceptors (Lipinski definition) is 3. The molecule has 1 fully saturated rings. The summed E-state index contributed by atoms with van der Waals surface area (Å²) in [6.45, 7) is 0. The van der Waals surface area contributed by atoms with Crippen molar-refractivity contribution in [2.45, 2.75) is 5.41 Å². The van der Waals surface area contributed by atoms with Crippen LogP contribution in [0, 0.1) is 0 Å². The topological polar surface area (TPSA) is 75.3 Å². The first-order valence-corrected chi connectivity index (χ1v) is 6.43. The van der Waals surface area contributed by atoms with Crippen molar-refractivity contribution in [2.24, 2.45) is 0 Å². The van der Waals surface area contributed by atoms with Crippen LogP contribution in [0.1, 0.15) is 11.1 Å². The van der Waals surface area contributed by atoms with E-state index < -0.39 is 23.3 Å². The van der Waals surface area contributed by atoms with E-state index in [0.29, 0.717) is 11.1 Å². The molecule has 0 saturated carbocycles. The first-order chi connectivity index (χ1) is 10.2. The van der Waals surface area contributed by atoms with Gasteiger partial charge in [-0.3, -0.25) is 20.2 Å². The predicted molar refractivity (Wildman–Crippen MR) is 82.5 cm³/mol. The van der Waals surface area contributed by atoms with Crippen molar-refractivity contribution in [3.63, 3.8) is 0 Å². The number of nitrogens with one attached hydrogen (secondary N) is 2. The molecule has 0 aromatic heterocycles. The molecular weight excluding hydrogens is 291 g/mol. The number of benzene rings is 2. The van der Waals surface area contributed by atoms with E-state index in [-0.39, 0.29) is 29.6 Å². The van der Waals surface area contributed by atoms with Crippen LogP contribution in [0.2, 0.25) is 0 Å². The first-order valence-electron chi connectivity index (χ1n) is 6.43. The monoisotopic (exact) mass is 304 g/mol. The number of amides is 4. The fraction of sp³-hybridized carbons (Fsp3) is 0.0625. The summed E-state index contributed by atoms with van der Waals surface area (Å²) in [5.41, 5.74) is -0.534. The van der Waals surface area contributed by atoms with Crippen LogP contribution in [0.25, 0.3) is 0 Å². The normalized spacial score (nSPS) is 16.3. The summed E-state index contributed by atoms with van der Waals surface area (Å²) in [5.74, 6) is -1.29. The average Bonchev–Trinajstić information content (AvgIpc) is 2.49. The van der Waals surface area contributed by atoms with E-state index in [4.69, 9.17) is 0 Å². The first kappa shape index (κ1) is 16.4. The van der Waals surface area contributed by atoms with Crippen molar-refractivity contribution >= 4 is 47.4 Å². The molecule has 0 radical (unpaired) electrons. The molecule has 106 valence electrons. The molecule has 0 unspecified atom stereocenters. The third kappa shape index (κ3) is 2.47. The number of carbonyl (C=O) groups is 3. The fourth-order valence-corrected chi connectivity index (χ4v) is 2.60. The SMILES string of the molecule is O=C1NC(=O)C(c2ccccc2)(c2ccccc2)C(=O)N1.[NaH]. The molecule has 2 aromatic carbocycles. The Kier molecular flexibility index (Phi) is 4.81. The molecule has 6 heteroatoms. The minimum atomic E-state index is -1.56. The second-order valence-electron chi connectivity index (χ2n) is 4.72. The number of hydrogen-bond donors (Lipinski definition) is 2. The van der Waals surface area contributed by atoms with Crippen molar-refractivity contribution in [1.29, 1.82) is 0 Å². The summed E-state index contributed by atoms with van der Waals surface area (Å²) in [7, 11) is 0.